The van der Waals surface area contributed by atoms with Gasteiger partial charge in [0.05, 0.1) is 25.0 Å². The molecule has 0 amide bonds. The second-order valence-corrected chi connectivity index (χ2v) is 8.12. The summed E-state index contributed by atoms with van der Waals surface area (Å²) >= 11 is 8.24. The number of anilines is 1. The third-order valence-corrected chi connectivity index (χ3v) is 6.58. The number of benzene rings is 1. The standard InChI is InChI=1S/C20H25ClN4S/c1-5-25(6-2)17(15-9-7-8-10-16(15)21)11-22-19-18-13(3)14(4)26-20(18)24-12-23-19/h7-10,12,17H,5-6,11H2,1-4H3,(H,22,23,24)/p+1/t17-/m0/s1. The van der Waals surface area contributed by atoms with Crippen LogP contribution < -0.4 is 10.2 Å². The lowest BCUT2D eigenvalue weighted by molar-refractivity contribution is -0.926. The highest BCUT2D eigenvalue weighted by Gasteiger charge is 2.24. The molecule has 3 aromatic rings. The van der Waals surface area contributed by atoms with Crippen LogP contribution >= 0.6 is 22.9 Å². The predicted octanol–water partition coefficient (Wildman–Crippen LogP) is 4.04. The van der Waals surface area contributed by atoms with E-state index in [1.165, 1.54) is 20.9 Å². The summed E-state index contributed by atoms with van der Waals surface area (Å²) in [5, 5.41) is 5.56. The molecule has 0 unspecified atom stereocenters. The minimum atomic E-state index is 0.267. The summed E-state index contributed by atoms with van der Waals surface area (Å²) in [6.45, 7) is 11.6. The van der Waals surface area contributed by atoms with Crippen LogP contribution in [0, 0.1) is 13.8 Å². The third-order valence-electron chi connectivity index (χ3n) is 5.12. The zero-order chi connectivity index (χ0) is 18.7. The van der Waals surface area contributed by atoms with Crippen LogP contribution in [-0.4, -0.2) is 29.6 Å². The molecule has 2 aromatic heterocycles. The Morgan fingerprint density at radius 2 is 1.88 bits per heavy atom. The van der Waals surface area contributed by atoms with E-state index in [2.05, 4.69) is 55.1 Å². The molecule has 1 aromatic carbocycles. The van der Waals surface area contributed by atoms with Crippen LogP contribution in [0.2, 0.25) is 5.02 Å². The Kier molecular flexibility index (Phi) is 6.12. The number of likely N-dealkylation sites (N-methyl/N-ethyl adjacent to an activating group) is 1. The molecule has 2 N–H and O–H groups in total. The molecule has 0 aliphatic rings. The van der Waals surface area contributed by atoms with Gasteiger partial charge in [-0.3, -0.25) is 0 Å². The molecule has 3 rings (SSSR count). The predicted molar refractivity (Wildman–Crippen MR) is 112 cm³/mol. The van der Waals surface area contributed by atoms with Gasteiger partial charge in [0.2, 0.25) is 0 Å². The monoisotopic (exact) mass is 389 g/mol. The first-order valence-electron chi connectivity index (χ1n) is 9.10. The number of aromatic nitrogens is 2. The second kappa shape index (κ2) is 8.33. The van der Waals surface area contributed by atoms with Gasteiger partial charge in [-0.25, -0.2) is 9.97 Å². The number of thiophene rings is 1. The number of hydrogen-bond acceptors (Lipinski definition) is 4. The van der Waals surface area contributed by atoms with Crippen molar-refractivity contribution in [1.82, 2.24) is 9.97 Å². The summed E-state index contributed by atoms with van der Waals surface area (Å²) in [5.41, 5.74) is 2.45. The maximum atomic E-state index is 6.52. The lowest BCUT2D eigenvalue weighted by Crippen LogP contribution is -3.12. The molecule has 0 spiro atoms. The van der Waals surface area contributed by atoms with Gasteiger partial charge in [-0.1, -0.05) is 29.8 Å². The van der Waals surface area contributed by atoms with Crippen LogP contribution in [0.4, 0.5) is 5.82 Å². The molecule has 0 radical (unpaired) electrons. The zero-order valence-electron chi connectivity index (χ0n) is 15.8. The first-order chi connectivity index (χ1) is 12.6. The maximum Gasteiger partial charge on any atom is 0.138 e. The van der Waals surface area contributed by atoms with Crippen molar-refractivity contribution in [3.8, 4) is 0 Å². The van der Waals surface area contributed by atoms with E-state index in [9.17, 15) is 0 Å². The third kappa shape index (κ3) is 3.70. The maximum absolute atomic E-state index is 6.52. The molecular formula is C20H26ClN4S+. The average Bonchev–Trinajstić information content (AvgIpc) is 2.94. The Balaban J connectivity index is 1.93. The van der Waals surface area contributed by atoms with Gasteiger partial charge >= 0.3 is 0 Å². The summed E-state index contributed by atoms with van der Waals surface area (Å²) in [4.78, 5) is 12.8. The summed E-state index contributed by atoms with van der Waals surface area (Å²) in [7, 11) is 0. The van der Waals surface area contributed by atoms with E-state index in [0.717, 1.165) is 40.7 Å². The molecule has 26 heavy (non-hydrogen) atoms. The van der Waals surface area contributed by atoms with Crippen molar-refractivity contribution in [2.75, 3.05) is 25.0 Å². The fourth-order valence-electron chi connectivity index (χ4n) is 3.49. The van der Waals surface area contributed by atoms with Crippen LogP contribution in [0.15, 0.2) is 30.6 Å². The van der Waals surface area contributed by atoms with Crippen LogP contribution in [0.1, 0.15) is 35.9 Å². The van der Waals surface area contributed by atoms with Crippen molar-refractivity contribution in [3.05, 3.63) is 51.6 Å². The molecule has 4 nitrogen and oxygen atoms in total. The Morgan fingerprint density at radius 3 is 2.58 bits per heavy atom. The van der Waals surface area contributed by atoms with Gasteiger partial charge in [0, 0.05) is 15.5 Å². The molecule has 138 valence electrons. The highest BCUT2D eigenvalue weighted by Crippen LogP contribution is 2.32. The van der Waals surface area contributed by atoms with Gasteiger partial charge in [-0.05, 0) is 39.3 Å². The van der Waals surface area contributed by atoms with Gasteiger partial charge in [0.25, 0.3) is 0 Å². The number of nitrogens with zero attached hydrogens (tertiary/aromatic N) is 2. The van der Waals surface area contributed by atoms with Crippen LogP contribution in [0.5, 0.6) is 0 Å². The van der Waals surface area contributed by atoms with E-state index in [1.807, 2.05) is 12.1 Å². The van der Waals surface area contributed by atoms with Crippen molar-refractivity contribution in [1.29, 1.82) is 0 Å². The summed E-state index contributed by atoms with van der Waals surface area (Å²) in [6, 6.07) is 8.42. The SMILES string of the molecule is CC[NH+](CC)[C@@H](CNc1ncnc2sc(C)c(C)c12)c1ccccc1Cl. The van der Waals surface area contributed by atoms with Gasteiger partial charge < -0.3 is 10.2 Å². The van der Waals surface area contributed by atoms with Gasteiger partial charge in [0.15, 0.2) is 0 Å². The minimum Gasteiger partial charge on any atom is -0.363 e. The Hall–Kier alpha value is -1.69. The molecule has 0 bridgehead atoms. The Labute approximate surface area is 164 Å². The minimum absolute atomic E-state index is 0.267. The topological polar surface area (TPSA) is 42.2 Å². The fourth-order valence-corrected chi connectivity index (χ4v) is 4.75. The lowest BCUT2D eigenvalue weighted by Gasteiger charge is -2.28. The summed E-state index contributed by atoms with van der Waals surface area (Å²) in [5.74, 6) is 0.917. The first-order valence-corrected chi connectivity index (χ1v) is 10.3. The highest BCUT2D eigenvalue weighted by atomic mass is 35.5. The molecule has 0 aliphatic heterocycles. The van der Waals surface area contributed by atoms with E-state index in [0.29, 0.717) is 0 Å². The number of quaternary nitrogens is 1. The van der Waals surface area contributed by atoms with E-state index in [4.69, 9.17) is 11.6 Å². The average molecular weight is 390 g/mol. The number of fused-ring (bicyclic) bond motifs is 1. The van der Waals surface area contributed by atoms with E-state index in [-0.39, 0.29) is 6.04 Å². The van der Waals surface area contributed by atoms with Crippen LogP contribution in [0.3, 0.4) is 0 Å². The largest absolute Gasteiger partial charge is 0.363 e. The van der Waals surface area contributed by atoms with Crippen LogP contribution in [0.25, 0.3) is 10.2 Å². The zero-order valence-corrected chi connectivity index (χ0v) is 17.3. The molecule has 2 heterocycles. The molecular weight excluding hydrogens is 364 g/mol. The van der Waals surface area contributed by atoms with Gasteiger partial charge in [0.1, 0.15) is 23.0 Å². The van der Waals surface area contributed by atoms with E-state index >= 15 is 0 Å². The Morgan fingerprint density at radius 1 is 1.15 bits per heavy atom. The van der Waals surface area contributed by atoms with Gasteiger partial charge in [-0.15, -0.1) is 11.3 Å². The number of aryl methyl sites for hydroxylation is 2. The fraction of sp³-hybridized carbons (Fsp3) is 0.400. The Bertz CT molecular complexity index is 889. The van der Waals surface area contributed by atoms with E-state index < -0.39 is 0 Å². The number of nitrogens with one attached hydrogen (secondary N) is 2. The smallest absolute Gasteiger partial charge is 0.138 e. The molecule has 0 fully saturated rings. The first kappa shape index (κ1) is 19.1. The normalized spacial score (nSPS) is 12.7. The number of hydrogen-bond donors (Lipinski definition) is 2. The number of rotatable bonds is 7. The van der Waals surface area contributed by atoms with Crippen molar-refractivity contribution in [3.63, 3.8) is 0 Å². The van der Waals surface area contributed by atoms with Crippen molar-refractivity contribution < 1.29 is 4.90 Å². The lowest BCUT2D eigenvalue weighted by atomic mass is 10.0. The summed E-state index contributed by atoms with van der Waals surface area (Å²) < 4.78 is 0. The molecule has 6 heteroatoms. The summed E-state index contributed by atoms with van der Waals surface area (Å²) in [6.07, 6.45) is 1.65. The van der Waals surface area contributed by atoms with Gasteiger partial charge in [-0.2, -0.15) is 0 Å². The van der Waals surface area contributed by atoms with Crippen molar-refractivity contribution in [2.45, 2.75) is 33.7 Å². The van der Waals surface area contributed by atoms with Crippen molar-refractivity contribution in [2.24, 2.45) is 0 Å². The second-order valence-electron chi connectivity index (χ2n) is 6.51. The molecule has 0 saturated heterocycles. The molecule has 0 aliphatic carbocycles. The van der Waals surface area contributed by atoms with Crippen LogP contribution in [-0.2, 0) is 0 Å². The quantitative estimate of drug-likeness (QED) is 0.640. The highest BCUT2D eigenvalue weighted by molar-refractivity contribution is 7.18. The molecule has 0 saturated carbocycles. The van der Waals surface area contributed by atoms with Crippen molar-refractivity contribution >= 4 is 39.0 Å². The number of halogens is 1. The molecule has 1 atom stereocenters. The van der Waals surface area contributed by atoms with E-state index in [1.54, 1.807) is 17.7 Å².